The summed E-state index contributed by atoms with van der Waals surface area (Å²) in [5.74, 6) is -0.280. The third kappa shape index (κ3) is 5.34. The number of thiocarbonyl (C=S) groups is 1. The summed E-state index contributed by atoms with van der Waals surface area (Å²) in [5, 5.41) is 28.5. The molecule has 29 heavy (non-hydrogen) atoms. The number of aromatic nitrogens is 4. The number of nitrogens with one attached hydrogen (secondary N) is 5. The molecule has 11 heteroatoms. The molecule has 0 saturated heterocycles. The Balaban J connectivity index is 1.64. The van der Waals surface area contributed by atoms with Gasteiger partial charge in [0.15, 0.2) is 5.11 Å². The molecule has 0 atom stereocenters. The van der Waals surface area contributed by atoms with Crippen molar-refractivity contribution in [3.05, 3.63) is 72.2 Å². The number of nitrogens with zero attached hydrogens (tertiary/aromatic N) is 4. The van der Waals surface area contributed by atoms with Gasteiger partial charge in [-0.25, -0.2) is 0 Å². The number of carbonyl (C=O) groups excluding carboxylic acids is 1. The van der Waals surface area contributed by atoms with Crippen LogP contribution in [0.3, 0.4) is 0 Å². The Morgan fingerprint density at radius 3 is 2.59 bits per heavy atom. The minimum atomic E-state index is -0.420. The second kappa shape index (κ2) is 9.58. The van der Waals surface area contributed by atoms with E-state index in [1.54, 1.807) is 24.3 Å². The van der Waals surface area contributed by atoms with E-state index < -0.39 is 5.91 Å². The maximum absolute atomic E-state index is 12.5. The molecule has 10 nitrogen and oxygen atoms in total. The van der Waals surface area contributed by atoms with E-state index in [2.05, 4.69) is 42.1 Å². The van der Waals surface area contributed by atoms with Gasteiger partial charge in [0.2, 0.25) is 5.82 Å². The molecule has 0 spiro atoms. The largest absolute Gasteiger partial charge is 0.360 e. The summed E-state index contributed by atoms with van der Waals surface area (Å²) in [4.78, 5) is 12.5. The van der Waals surface area contributed by atoms with Crippen molar-refractivity contribution in [3.63, 3.8) is 0 Å². The van der Waals surface area contributed by atoms with E-state index in [-0.39, 0.29) is 16.5 Å². The van der Waals surface area contributed by atoms with Crippen molar-refractivity contribution < 1.29 is 4.79 Å². The average molecular weight is 405 g/mol. The van der Waals surface area contributed by atoms with Crippen LogP contribution in [0.4, 0.5) is 11.4 Å². The van der Waals surface area contributed by atoms with Crippen LogP contribution >= 0.6 is 12.2 Å². The van der Waals surface area contributed by atoms with Gasteiger partial charge in [0.1, 0.15) is 11.6 Å². The number of para-hydroxylation sites is 2. The van der Waals surface area contributed by atoms with Gasteiger partial charge in [-0.1, -0.05) is 30.3 Å². The Morgan fingerprint density at radius 2 is 1.86 bits per heavy atom. The zero-order valence-corrected chi connectivity index (χ0v) is 15.7. The minimum absolute atomic E-state index is 0.140. The first-order chi connectivity index (χ1) is 14.2. The first-order valence-electron chi connectivity index (χ1n) is 8.29. The zero-order valence-electron chi connectivity index (χ0n) is 14.9. The van der Waals surface area contributed by atoms with Gasteiger partial charge >= 0.3 is 0 Å². The van der Waals surface area contributed by atoms with Crippen LogP contribution in [0.2, 0.25) is 0 Å². The normalized spacial score (nSPS) is 10.5. The van der Waals surface area contributed by atoms with Gasteiger partial charge in [-0.2, -0.15) is 10.5 Å². The molecule has 1 aromatic heterocycles. The van der Waals surface area contributed by atoms with Gasteiger partial charge in [0, 0.05) is 11.9 Å². The predicted octanol–water partition coefficient (Wildman–Crippen LogP) is 1.81. The summed E-state index contributed by atoms with van der Waals surface area (Å²) >= 11 is 5.16. The number of nitriles is 1. The van der Waals surface area contributed by atoms with Crippen molar-refractivity contribution in [2.24, 2.45) is 0 Å². The molecule has 144 valence electrons. The number of allylic oxidation sites excluding steroid dienone is 1. The summed E-state index contributed by atoms with van der Waals surface area (Å²) in [5.41, 5.74) is 6.93. The van der Waals surface area contributed by atoms with Crippen LogP contribution in [0.1, 0.15) is 16.2 Å². The average Bonchev–Trinajstić information content (AvgIpc) is 3.28. The molecular formula is C18H15N9OS. The van der Waals surface area contributed by atoms with E-state index in [0.29, 0.717) is 11.3 Å². The first kappa shape index (κ1) is 19.5. The van der Waals surface area contributed by atoms with E-state index >= 15 is 0 Å². The predicted molar refractivity (Wildman–Crippen MR) is 111 cm³/mol. The number of hydrazine groups is 1. The molecule has 0 radical (unpaired) electrons. The molecule has 1 heterocycles. The number of aromatic amines is 1. The summed E-state index contributed by atoms with van der Waals surface area (Å²) in [6.07, 6.45) is 1.39. The summed E-state index contributed by atoms with van der Waals surface area (Å²) in [6, 6.07) is 18.1. The van der Waals surface area contributed by atoms with E-state index in [9.17, 15) is 10.1 Å². The zero-order chi connectivity index (χ0) is 20.5. The van der Waals surface area contributed by atoms with Crippen molar-refractivity contribution in [2.45, 2.75) is 0 Å². The molecule has 2 aromatic carbocycles. The van der Waals surface area contributed by atoms with Crippen LogP contribution in [0, 0.1) is 11.3 Å². The number of tetrazole rings is 1. The second-order valence-electron chi connectivity index (χ2n) is 5.49. The lowest BCUT2D eigenvalue weighted by Crippen LogP contribution is -2.43. The highest BCUT2D eigenvalue weighted by Crippen LogP contribution is 2.16. The molecule has 5 N–H and O–H groups in total. The van der Waals surface area contributed by atoms with Crippen molar-refractivity contribution in [1.82, 2.24) is 31.5 Å². The third-order valence-electron chi connectivity index (χ3n) is 3.57. The molecule has 0 aliphatic heterocycles. The van der Waals surface area contributed by atoms with Crippen molar-refractivity contribution >= 4 is 40.2 Å². The van der Waals surface area contributed by atoms with Crippen LogP contribution in [-0.4, -0.2) is 31.6 Å². The van der Waals surface area contributed by atoms with E-state index in [1.807, 2.05) is 36.4 Å². The van der Waals surface area contributed by atoms with E-state index in [1.165, 1.54) is 6.20 Å². The number of rotatable bonds is 5. The molecule has 3 rings (SSSR count). The molecule has 0 aliphatic carbocycles. The molecule has 1 amide bonds. The maximum atomic E-state index is 12.5. The van der Waals surface area contributed by atoms with Crippen LogP contribution in [0.25, 0.3) is 5.57 Å². The van der Waals surface area contributed by atoms with E-state index in [4.69, 9.17) is 12.2 Å². The molecule has 0 aliphatic rings. The molecule has 0 bridgehead atoms. The SMILES string of the molecule is N#CC(=CNc1ccccc1C(=O)NNC(=S)Nc1ccccc1)c1nn[nH]n1. The fourth-order valence-corrected chi connectivity index (χ4v) is 2.41. The van der Waals surface area contributed by atoms with Crippen LogP contribution in [0.15, 0.2) is 60.8 Å². The van der Waals surface area contributed by atoms with Gasteiger partial charge in [-0.05, 0) is 41.7 Å². The smallest absolute Gasteiger partial charge is 0.271 e. The van der Waals surface area contributed by atoms with Crippen LogP contribution in [0.5, 0.6) is 0 Å². The Hall–Kier alpha value is -4.30. The van der Waals surface area contributed by atoms with Gasteiger partial charge < -0.3 is 10.6 Å². The number of amides is 1. The first-order valence-corrected chi connectivity index (χ1v) is 8.70. The van der Waals surface area contributed by atoms with Gasteiger partial charge in [-0.3, -0.25) is 15.6 Å². The number of hydrogen-bond acceptors (Lipinski definition) is 7. The fourth-order valence-electron chi connectivity index (χ4n) is 2.24. The topological polar surface area (TPSA) is 143 Å². The lowest BCUT2D eigenvalue weighted by molar-refractivity contribution is 0.0945. The van der Waals surface area contributed by atoms with Crippen molar-refractivity contribution in [1.29, 1.82) is 5.26 Å². The Labute approximate surface area is 171 Å². The molecule has 0 fully saturated rings. The van der Waals surface area contributed by atoms with Crippen molar-refractivity contribution in [2.75, 3.05) is 10.6 Å². The second-order valence-corrected chi connectivity index (χ2v) is 5.90. The van der Waals surface area contributed by atoms with Gasteiger partial charge in [0.05, 0.1) is 11.3 Å². The molecular weight excluding hydrogens is 390 g/mol. The summed E-state index contributed by atoms with van der Waals surface area (Å²) in [7, 11) is 0. The summed E-state index contributed by atoms with van der Waals surface area (Å²) in [6.45, 7) is 0. The monoisotopic (exact) mass is 405 g/mol. The Bertz CT molecular complexity index is 1060. The van der Waals surface area contributed by atoms with Gasteiger partial charge in [-0.15, -0.1) is 10.2 Å². The maximum Gasteiger partial charge on any atom is 0.271 e. The fraction of sp³-hybridized carbons (Fsp3) is 0. The highest BCUT2D eigenvalue weighted by molar-refractivity contribution is 7.80. The number of anilines is 2. The number of hydrogen-bond donors (Lipinski definition) is 5. The Morgan fingerprint density at radius 1 is 1.10 bits per heavy atom. The van der Waals surface area contributed by atoms with Gasteiger partial charge in [0.25, 0.3) is 5.91 Å². The van der Waals surface area contributed by atoms with Crippen LogP contribution < -0.4 is 21.5 Å². The molecule has 0 unspecified atom stereocenters. The lowest BCUT2D eigenvalue weighted by atomic mass is 10.1. The van der Waals surface area contributed by atoms with Crippen LogP contribution in [-0.2, 0) is 0 Å². The number of carbonyl (C=O) groups is 1. The highest BCUT2D eigenvalue weighted by Gasteiger charge is 2.12. The standard InChI is InChI=1S/C18H15N9OS/c19-10-12(16-22-26-27-23-16)11-20-15-9-5-4-8-14(15)17(28)24-25-18(29)21-13-6-2-1-3-7-13/h1-9,11,20H,(H,24,28)(H2,21,25,29)(H,22,23,26,27). The lowest BCUT2D eigenvalue weighted by Gasteiger charge is -2.13. The number of benzene rings is 2. The highest BCUT2D eigenvalue weighted by atomic mass is 32.1. The Kier molecular flexibility index (Phi) is 6.43. The third-order valence-corrected chi connectivity index (χ3v) is 3.78. The number of H-pyrrole nitrogens is 1. The minimum Gasteiger partial charge on any atom is -0.360 e. The molecule has 0 saturated carbocycles. The van der Waals surface area contributed by atoms with Crippen molar-refractivity contribution in [3.8, 4) is 6.07 Å². The van der Waals surface area contributed by atoms with E-state index in [0.717, 1.165) is 5.69 Å². The quantitative estimate of drug-likeness (QED) is 0.244. The summed E-state index contributed by atoms with van der Waals surface area (Å²) < 4.78 is 0. The molecule has 3 aromatic rings.